The summed E-state index contributed by atoms with van der Waals surface area (Å²) in [5, 5.41) is 0. The lowest BCUT2D eigenvalue weighted by atomic mass is 9.61. The molecule has 3 heteroatoms. The van der Waals surface area contributed by atoms with Gasteiger partial charge >= 0.3 is 0 Å². The first-order chi connectivity index (χ1) is 4.74. The van der Waals surface area contributed by atoms with Gasteiger partial charge in [0.1, 0.15) is 0 Å². The molecule has 1 spiro atoms. The Bertz CT molecular complexity index is 132. The minimum absolute atomic E-state index is 0.605. The summed E-state index contributed by atoms with van der Waals surface area (Å²) >= 11 is 0. The van der Waals surface area contributed by atoms with Crippen molar-refractivity contribution in [3.63, 3.8) is 0 Å². The summed E-state index contributed by atoms with van der Waals surface area (Å²) in [6, 6.07) is 0.605. The standard InChI is InChI=1S/C7H15N3/c1-10-4-7(5-10)2-6(3-7)9-8/h6,9H,2-5,8H2,1H3. The number of nitrogens with two attached hydrogens (primary N) is 1. The molecule has 2 fully saturated rings. The zero-order valence-electron chi connectivity index (χ0n) is 6.43. The molecule has 1 aliphatic heterocycles. The van der Waals surface area contributed by atoms with Crippen LogP contribution in [0.25, 0.3) is 0 Å². The molecule has 2 rings (SSSR count). The number of hydrogen-bond acceptors (Lipinski definition) is 3. The summed E-state index contributed by atoms with van der Waals surface area (Å²) in [5.74, 6) is 5.30. The van der Waals surface area contributed by atoms with Crippen molar-refractivity contribution in [1.29, 1.82) is 0 Å². The first-order valence-corrected chi connectivity index (χ1v) is 3.89. The molecule has 0 aromatic heterocycles. The van der Waals surface area contributed by atoms with Gasteiger partial charge in [0.05, 0.1) is 0 Å². The van der Waals surface area contributed by atoms with Gasteiger partial charge in [-0.3, -0.25) is 11.3 Å². The second-order valence-corrected chi connectivity index (χ2v) is 3.94. The normalized spacial score (nSPS) is 31.8. The zero-order chi connectivity index (χ0) is 7.19. The first kappa shape index (κ1) is 6.58. The van der Waals surface area contributed by atoms with E-state index in [4.69, 9.17) is 5.84 Å². The number of nitrogens with one attached hydrogen (secondary N) is 1. The van der Waals surface area contributed by atoms with Crippen molar-refractivity contribution in [1.82, 2.24) is 10.3 Å². The predicted molar refractivity (Wildman–Crippen MR) is 40.3 cm³/mol. The van der Waals surface area contributed by atoms with E-state index in [1.807, 2.05) is 0 Å². The predicted octanol–water partition coefficient (Wildman–Crippen LogP) is -0.456. The summed E-state index contributed by atoms with van der Waals surface area (Å²) in [6.07, 6.45) is 2.57. The lowest BCUT2D eigenvalue weighted by Gasteiger charge is -2.58. The molecule has 0 unspecified atom stereocenters. The van der Waals surface area contributed by atoms with Crippen molar-refractivity contribution in [3.05, 3.63) is 0 Å². The van der Waals surface area contributed by atoms with Gasteiger partial charge in [0.2, 0.25) is 0 Å². The Kier molecular flexibility index (Phi) is 1.27. The number of hydrogen-bond donors (Lipinski definition) is 2. The van der Waals surface area contributed by atoms with Crippen LogP contribution in [0.4, 0.5) is 0 Å². The second-order valence-electron chi connectivity index (χ2n) is 3.94. The SMILES string of the molecule is CN1CC2(CC(NN)C2)C1. The van der Waals surface area contributed by atoms with Crippen LogP contribution in [0.3, 0.4) is 0 Å². The highest BCUT2D eigenvalue weighted by atomic mass is 15.3. The highest BCUT2D eigenvalue weighted by Crippen LogP contribution is 2.47. The van der Waals surface area contributed by atoms with Crippen molar-refractivity contribution in [2.24, 2.45) is 11.3 Å². The van der Waals surface area contributed by atoms with Crippen molar-refractivity contribution in [2.75, 3.05) is 20.1 Å². The number of likely N-dealkylation sites (tertiary alicyclic amines) is 1. The molecule has 1 aliphatic carbocycles. The Labute approximate surface area is 61.5 Å². The van der Waals surface area contributed by atoms with Crippen LogP contribution in [0, 0.1) is 5.41 Å². The topological polar surface area (TPSA) is 41.3 Å². The van der Waals surface area contributed by atoms with E-state index in [-0.39, 0.29) is 0 Å². The van der Waals surface area contributed by atoms with Gasteiger partial charge in [0.15, 0.2) is 0 Å². The fourth-order valence-corrected chi connectivity index (χ4v) is 2.46. The smallest absolute Gasteiger partial charge is 0.0223 e. The van der Waals surface area contributed by atoms with E-state index >= 15 is 0 Å². The van der Waals surface area contributed by atoms with E-state index in [2.05, 4.69) is 17.4 Å². The maximum atomic E-state index is 5.30. The van der Waals surface area contributed by atoms with E-state index in [9.17, 15) is 0 Å². The van der Waals surface area contributed by atoms with Crippen LogP contribution in [-0.4, -0.2) is 31.1 Å². The molecule has 3 N–H and O–H groups in total. The number of nitrogens with zero attached hydrogens (tertiary/aromatic N) is 1. The van der Waals surface area contributed by atoms with Gasteiger partial charge < -0.3 is 4.90 Å². The summed E-state index contributed by atoms with van der Waals surface area (Å²) < 4.78 is 0. The Morgan fingerprint density at radius 3 is 2.50 bits per heavy atom. The Balaban J connectivity index is 1.80. The Morgan fingerprint density at radius 1 is 1.50 bits per heavy atom. The monoisotopic (exact) mass is 141 g/mol. The van der Waals surface area contributed by atoms with Gasteiger partial charge in [-0.05, 0) is 25.3 Å². The van der Waals surface area contributed by atoms with E-state index in [1.165, 1.54) is 25.9 Å². The molecule has 0 atom stereocenters. The van der Waals surface area contributed by atoms with Crippen molar-refractivity contribution in [2.45, 2.75) is 18.9 Å². The third-order valence-corrected chi connectivity index (χ3v) is 2.81. The maximum Gasteiger partial charge on any atom is 0.0223 e. The fourth-order valence-electron chi connectivity index (χ4n) is 2.46. The van der Waals surface area contributed by atoms with Crippen LogP contribution in [0.1, 0.15) is 12.8 Å². The zero-order valence-corrected chi connectivity index (χ0v) is 6.43. The van der Waals surface area contributed by atoms with Crippen LogP contribution >= 0.6 is 0 Å². The van der Waals surface area contributed by atoms with Crippen LogP contribution in [0.5, 0.6) is 0 Å². The molecule has 2 aliphatic rings. The molecule has 0 aromatic rings. The third kappa shape index (κ3) is 0.779. The van der Waals surface area contributed by atoms with Crippen LogP contribution < -0.4 is 11.3 Å². The third-order valence-electron chi connectivity index (χ3n) is 2.81. The van der Waals surface area contributed by atoms with E-state index in [0.29, 0.717) is 11.5 Å². The van der Waals surface area contributed by atoms with E-state index in [1.54, 1.807) is 0 Å². The van der Waals surface area contributed by atoms with Crippen molar-refractivity contribution >= 4 is 0 Å². The van der Waals surface area contributed by atoms with Gasteiger partial charge in [0.25, 0.3) is 0 Å². The summed E-state index contributed by atoms with van der Waals surface area (Å²) in [6.45, 7) is 2.57. The van der Waals surface area contributed by atoms with Crippen LogP contribution in [0.15, 0.2) is 0 Å². The van der Waals surface area contributed by atoms with Crippen molar-refractivity contribution < 1.29 is 0 Å². The average molecular weight is 141 g/mol. The molecule has 3 nitrogen and oxygen atoms in total. The molecular weight excluding hydrogens is 126 g/mol. The summed E-state index contributed by atoms with van der Waals surface area (Å²) in [5.41, 5.74) is 3.49. The minimum atomic E-state index is 0.605. The summed E-state index contributed by atoms with van der Waals surface area (Å²) in [4.78, 5) is 2.37. The number of hydrazine groups is 1. The van der Waals surface area contributed by atoms with E-state index in [0.717, 1.165) is 0 Å². The Morgan fingerprint density at radius 2 is 2.10 bits per heavy atom. The quantitative estimate of drug-likeness (QED) is 0.383. The lowest BCUT2D eigenvalue weighted by Crippen LogP contribution is -2.65. The minimum Gasteiger partial charge on any atom is -0.305 e. The molecule has 1 saturated carbocycles. The molecule has 10 heavy (non-hydrogen) atoms. The molecule has 1 heterocycles. The summed E-state index contributed by atoms with van der Waals surface area (Å²) in [7, 11) is 2.18. The molecule has 0 aromatic carbocycles. The van der Waals surface area contributed by atoms with Crippen LogP contribution in [0.2, 0.25) is 0 Å². The first-order valence-electron chi connectivity index (χ1n) is 3.89. The maximum absolute atomic E-state index is 5.30. The van der Waals surface area contributed by atoms with E-state index < -0.39 is 0 Å². The molecule has 58 valence electrons. The lowest BCUT2D eigenvalue weighted by molar-refractivity contribution is -0.0647. The molecule has 0 amide bonds. The van der Waals surface area contributed by atoms with Gasteiger partial charge in [-0.25, -0.2) is 0 Å². The van der Waals surface area contributed by atoms with Gasteiger partial charge in [-0.1, -0.05) is 0 Å². The van der Waals surface area contributed by atoms with Crippen LogP contribution in [-0.2, 0) is 0 Å². The Hall–Kier alpha value is -0.120. The molecule has 0 bridgehead atoms. The molecule has 0 radical (unpaired) electrons. The highest BCUT2D eigenvalue weighted by Gasteiger charge is 2.50. The fraction of sp³-hybridized carbons (Fsp3) is 1.00. The van der Waals surface area contributed by atoms with Crippen molar-refractivity contribution in [3.8, 4) is 0 Å². The largest absolute Gasteiger partial charge is 0.305 e. The van der Waals surface area contributed by atoms with Gasteiger partial charge in [-0.2, -0.15) is 0 Å². The molecule has 1 saturated heterocycles. The second kappa shape index (κ2) is 1.94. The van der Waals surface area contributed by atoms with Gasteiger partial charge in [-0.15, -0.1) is 0 Å². The molecular formula is C7H15N3. The number of rotatable bonds is 1. The van der Waals surface area contributed by atoms with Gasteiger partial charge in [0, 0.05) is 19.1 Å². The average Bonchev–Trinajstić information content (AvgIpc) is 1.74. The highest BCUT2D eigenvalue weighted by molar-refractivity contribution is 5.05.